The second kappa shape index (κ2) is 1.71. The van der Waals surface area contributed by atoms with Gasteiger partial charge in [0.2, 0.25) is 0 Å². The third-order valence-corrected chi connectivity index (χ3v) is 0.400. The molecule has 0 atom stereocenters. The van der Waals surface area contributed by atoms with E-state index in [1.54, 1.807) is 0 Å². The van der Waals surface area contributed by atoms with E-state index in [1.165, 1.54) is 0 Å². The monoisotopic (exact) mass is 111 g/mol. The lowest BCUT2D eigenvalue weighted by Gasteiger charge is -1.65. The molecule has 0 unspecified atom stereocenters. The Morgan fingerprint density at radius 1 is 1.50 bits per heavy atom. The minimum Gasteiger partial charge on any atom is -0.247 e. The molecular weight excluding hydrogens is 110 g/mol. The third kappa shape index (κ3) is 1.65. The van der Waals surface area contributed by atoms with E-state index in [2.05, 4.69) is 0 Å². The smallest absolute Gasteiger partial charge is 0.247 e. The van der Waals surface area contributed by atoms with Gasteiger partial charge in [0.25, 0.3) is 0 Å². The fourth-order valence-corrected chi connectivity index (χ4v) is 0. The SMILES string of the molecule is O=[N+]([O-])[SH](=O)=O. The molecule has 6 heavy (non-hydrogen) atoms. The van der Waals surface area contributed by atoms with Crippen molar-refractivity contribution in [3.8, 4) is 0 Å². The van der Waals surface area contributed by atoms with Crippen molar-refractivity contribution in [1.29, 1.82) is 0 Å². The van der Waals surface area contributed by atoms with E-state index < -0.39 is 15.2 Å². The van der Waals surface area contributed by atoms with Crippen LogP contribution in [0, 0.1) is 10.1 Å². The summed E-state index contributed by atoms with van der Waals surface area (Å²) in [6.07, 6.45) is 0. The molecule has 5 nitrogen and oxygen atoms in total. The number of hydrogen-bond donors (Lipinski definition) is 1. The molecule has 0 amide bonds. The third-order valence-electron chi connectivity index (χ3n) is 0.133. The largest absolute Gasteiger partial charge is 0.408 e. The van der Waals surface area contributed by atoms with Gasteiger partial charge in [0.1, 0.15) is 4.33 Å². The number of nitrogens with zero attached hydrogens (tertiary/aromatic N) is 1. The van der Waals surface area contributed by atoms with Crippen molar-refractivity contribution in [2.45, 2.75) is 0 Å². The van der Waals surface area contributed by atoms with Crippen molar-refractivity contribution >= 4 is 10.9 Å². The Morgan fingerprint density at radius 2 is 1.67 bits per heavy atom. The summed E-state index contributed by atoms with van der Waals surface area (Å²) in [6, 6.07) is 0. The van der Waals surface area contributed by atoms with Crippen LogP contribution in [-0.4, -0.2) is 12.7 Å². The lowest BCUT2D eigenvalue weighted by atomic mass is 13.4. The summed E-state index contributed by atoms with van der Waals surface area (Å²) in [5.74, 6) is 0. The summed E-state index contributed by atoms with van der Waals surface area (Å²) < 4.78 is 16.7. The maximum Gasteiger partial charge on any atom is 0.408 e. The summed E-state index contributed by atoms with van der Waals surface area (Å²) in [4.78, 5) is 8.91. The second-order valence-corrected chi connectivity index (χ2v) is 1.28. The van der Waals surface area contributed by atoms with Crippen molar-refractivity contribution in [1.82, 2.24) is 0 Å². The van der Waals surface area contributed by atoms with E-state index in [9.17, 15) is 0 Å². The van der Waals surface area contributed by atoms with Crippen LogP contribution in [0.25, 0.3) is 0 Å². The van der Waals surface area contributed by atoms with E-state index in [0.717, 1.165) is 0 Å². The molecular formula is HNO4S. The Balaban J connectivity index is 3.94. The molecule has 0 saturated carbocycles. The number of thiol groups is 1. The molecule has 0 spiro atoms. The van der Waals surface area contributed by atoms with Crippen LogP contribution in [0.5, 0.6) is 0 Å². The molecule has 0 rings (SSSR count). The van der Waals surface area contributed by atoms with Crippen LogP contribution in [0.15, 0.2) is 0 Å². The molecule has 0 aromatic rings. The zero-order valence-corrected chi connectivity index (χ0v) is 3.42. The predicted octanol–water partition coefficient (Wildman–Crippen LogP) is -1.21. The van der Waals surface area contributed by atoms with Crippen LogP contribution >= 0.6 is 0 Å². The highest BCUT2D eigenvalue weighted by Gasteiger charge is 1.88. The van der Waals surface area contributed by atoms with Gasteiger partial charge in [0, 0.05) is 0 Å². The van der Waals surface area contributed by atoms with Crippen LogP contribution in [0.3, 0.4) is 0 Å². The van der Waals surface area contributed by atoms with Crippen LogP contribution in [0.1, 0.15) is 0 Å². The Labute approximate surface area is 34.8 Å². The van der Waals surface area contributed by atoms with Gasteiger partial charge in [-0.3, -0.25) is 0 Å². The molecule has 0 heterocycles. The first kappa shape index (κ1) is 5.35. The van der Waals surface area contributed by atoms with Gasteiger partial charge in [-0.25, -0.2) is 10.1 Å². The first-order valence-corrected chi connectivity index (χ1v) is 2.06. The Hall–Kier alpha value is -0.650. The number of rotatable bonds is 1. The molecule has 6 heteroatoms. The molecule has 0 bridgehead atoms. The molecule has 0 aliphatic carbocycles. The molecule has 0 fully saturated rings. The fraction of sp³-hybridized carbons (Fsp3) is 0. The number of nitro groups is 1. The average Bonchev–Trinajstić information content (AvgIpc) is 1.36. The van der Waals surface area contributed by atoms with E-state index in [1.807, 2.05) is 0 Å². The van der Waals surface area contributed by atoms with Gasteiger partial charge in [-0.15, -0.1) is 0 Å². The molecule has 0 aromatic carbocycles. The normalized spacial score (nSPS) is 8.83. The molecule has 0 saturated heterocycles. The molecule has 0 aromatic heterocycles. The molecule has 0 aliphatic heterocycles. The zero-order chi connectivity index (χ0) is 5.15. The minimum absolute atomic E-state index is 1.38. The van der Waals surface area contributed by atoms with Crippen LogP contribution in [0.4, 0.5) is 0 Å². The van der Waals surface area contributed by atoms with Gasteiger partial charge in [-0.05, 0) is 0 Å². The fourth-order valence-electron chi connectivity index (χ4n) is 0. The zero-order valence-electron chi connectivity index (χ0n) is 2.53. The van der Waals surface area contributed by atoms with Crippen molar-refractivity contribution in [3.63, 3.8) is 0 Å². The lowest BCUT2D eigenvalue weighted by Crippen LogP contribution is -1.90. The molecule has 0 aliphatic rings. The Bertz CT molecular complexity index is 114. The molecule has 0 N–H and O–H groups in total. The van der Waals surface area contributed by atoms with Crippen molar-refractivity contribution < 1.29 is 12.7 Å². The maximum atomic E-state index is 9.04. The number of hydrogen-bond acceptors (Lipinski definition) is 4. The Morgan fingerprint density at radius 3 is 1.67 bits per heavy atom. The summed E-state index contributed by atoms with van der Waals surface area (Å²) in [5.41, 5.74) is 0. The lowest BCUT2D eigenvalue weighted by molar-refractivity contribution is -0.297. The predicted molar refractivity (Wildman–Crippen MR) is 17.3 cm³/mol. The van der Waals surface area contributed by atoms with Crippen molar-refractivity contribution in [2.24, 2.45) is 0 Å². The van der Waals surface area contributed by atoms with Gasteiger partial charge in [-0.2, -0.15) is 8.42 Å². The van der Waals surface area contributed by atoms with E-state index in [-0.39, 0.29) is 0 Å². The van der Waals surface area contributed by atoms with Gasteiger partial charge in [-0.1, -0.05) is 0 Å². The quantitative estimate of drug-likeness (QED) is 0.261. The van der Waals surface area contributed by atoms with Gasteiger partial charge in [0.15, 0.2) is 0 Å². The summed E-state index contributed by atoms with van der Waals surface area (Å²) in [6.45, 7) is 0. The van der Waals surface area contributed by atoms with E-state index in [0.29, 0.717) is 0 Å². The highest BCUT2D eigenvalue weighted by atomic mass is 32.2. The van der Waals surface area contributed by atoms with Crippen LogP contribution in [-0.2, 0) is 10.9 Å². The topological polar surface area (TPSA) is 77.3 Å². The molecule has 0 radical (unpaired) electrons. The van der Waals surface area contributed by atoms with Crippen molar-refractivity contribution in [2.75, 3.05) is 0 Å². The highest BCUT2D eigenvalue weighted by molar-refractivity contribution is 7.65. The van der Waals surface area contributed by atoms with Crippen LogP contribution in [0.2, 0.25) is 0 Å². The summed E-state index contributed by atoms with van der Waals surface area (Å²) in [7, 11) is -3.44. The first-order chi connectivity index (χ1) is 2.64. The summed E-state index contributed by atoms with van der Waals surface area (Å²) in [5, 5.41) is 8.91. The standard InChI is InChI=1S/HNO4S/c2-1(3)6(4)5/h6H. The van der Waals surface area contributed by atoms with E-state index in [4.69, 9.17) is 18.5 Å². The second-order valence-electron chi connectivity index (χ2n) is 0.476. The minimum atomic E-state index is -3.44. The molecule has 36 valence electrons. The van der Waals surface area contributed by atoms with Gasteiger partial charge in [0.05, 0.1) is 0 Å². The van der Waals surface area contributed by atoms with Gasteiger partial charge < -0.3 is 0 Å². The average molecular weight is 111 g/mol. The van der Waals surface area contributed by atoms with Crippen molar-refractivity contribution in [3.05, 3.63) is 10.1 Å². The van der Waals surface area contributed by atoms with Crippen LogP contribution < -0.4 is 0 Å². The maximum absolute atomic E-state index is 9.04. The van der Waals surface area contributed by atoms with E-state index >= 15 is 0 Å². The Kier molecular flexibility index (Phi) is 1.52. The van der Waals surface area contributed by atoms with Gasteiger partial charge >= 0.3 is 10.9 Å². The summed E-state index contributed by atoms with van der Waals surface area (Å²) >= 11 is 0. The highest BCUT2D eigenvalue weighted by Crippen LogP contribution is 1.58. The first-order valence-electron chi connectivity index (χ1n) is 0.930.